The SMILES string of the molecule is CCc1ccccc1N1C[C@H](C(=O)Oc2ccc(N3C(=O)CCC3=O)c(C)c2)CC1=O. The molecule has 2 heterocycles. The standard InChI is InChI=1S/C24H24N2O5/c1-3-16-6-4-5-7-20(16)25-14-17(13-23(25)29)24(30)31-18-8-9-19(15(2)12-18)26-21(27)10-11-22(26)28/h4-9,12,17H,3,10-11,13-14H2,1-2H3/t17-/m1/s1. The molecule has 0 saturated carbocycles. The van der Waals surface area contributed by atoms with E-state index >= 15 is 0 Å². The Balaban J connectivity index is 1.46. The number of amides is 3. The number of hydrogen-bond acceptors (Lipinski definition) is 5. The molecule has 0 bridgehead atoms. The quantitative estimate of drug-likeness (QED) is 0.421. The van der Waals surface area contributed by atoms with E-state index < -0.39 is 11.9 Å². The molecule has 160 valence electrons. The van der Waals surface area contributed by atoms with Gasteiger partial charge in [-0.15, -0.1) is 0 Å². The Labute approximate surface area is 180 Å². The molecule has 7 nitrogen and oxygen atoms in total. The molecule has 2 aromatic carbocycles. The number of hydrogen-bond donors (Lipinski definition) is 0. The molecule has 0 radical (unpaired) electrons. The van der Waals surface area contributed by atoms with E-state index in [2.05, 4.69) is 0 Å². The average Bonchev–Trinajstić information content (AvgIpc) is 3.30. The highest BCUT2D eigenvalue weighted by molar-refractivity contribution is 6.20. The van der Waals surface area contributed by atoms with Crippen molar-refractivity contribution in [1.29, 1.82) is 0 Å². The van der Waals surface area contributed by atoms with Crippen molar-refractivity contribution in [1.82, 2.24) is 0 Å². The zero-order chi connectivity index (χ0) is 22.1. The van der Waals surface area contributed by atoms with Crippen molar-refractivity contribution < 1.29 is 23.9 Å². The third-order valence-corrected chi connectivity index (χ3v) is 5.80. The van der Waals surface area contributed by atoms with Crippen molar-refractivity contribution in [2.75, 3.05) is 16.3 Å². The predicted molar refractivity (Wildman–Crippen MR) is 115 cm³/mol. The molecular formula is C24H24N2O5. The van der Waals surface area contributed by atoms with Gasteiger partial charge >= 0.3 is 5.97 Å². The monoisotopic (exact) mass is 420 g/mol. The van der Waals surface area contributed by atoms with E-state index in [-0.39, 0.29) is 43.5 Å². The first-order valence-electron chi connectivity index (χ1n) is 10.5. The molecule has 0 unspecified atom stereocenters. The molecule has 2 fully saturated rings. The number of aryl methyl sites for hydroxylation is 2. The largest absolute Gasteiger partial charge is 0.426 e. The van der Waals surface area contributed by atoms with Gasteiger partial charge in [0.25, 0.3) is 0 Å². The van der Waals surface area contributed by atoms with Crippen LogP contribution in [0, 0.1) is 12.8 Å². The minimum Gasteiger partial charge on any atom is -0.426 e. The van der Waals surface area contributed by atoms with E-state index in [1.54, 1.807) is 30.0 Å². The lowest BCUT2D eigenvalue weighted by Crippen LogP contribution is -2.29. The first kappa shape index (κ1) is 20.8. The number of carbonyl (C=O) groups is 4. The van der Waals surface area contributed by atoms with Crippen LogP contribution in [0.2, 0.25) is 0 Å². The lowest BCUT2D eigenvalue weighted by Gasteiger charge is -2.20. The second-order valence-electron chi connectivity index (χ2n) is 7.88. The fraction of sp³-hybridized carbons (Fsp3) is 0.333. The van der Waals surface area contributed by atoms with Gasteiger partial charge < -0.3 is 9.64 Å². The van der Waals surface area contributed by atoms with Crippen molar-refractivity contribution in [3.63, 3.8) is 0 Å². The summed E-state index contributed by atoms with van der Waals surface area (Å²) in [6, 6.07) is 12.5. The summed E-state index contributed by atoms with van der Waals surface area (Å²) in [6.45, 7) is 4.07. The maximum absolute atomic E-state index is 12.7. The number of ether oxygens (including phenoxy) is 1. The third-order valence-electron chi connectivity index (χ3n) is 5.80. The number of nitrogens with zero attached hydrogens (tertiary/aromatic N) is 2. The highest BCUT2D eigenvalue weighted by Gasteiger charge is 2.37. The van der Waals surface area contributed by atoms with Crippen LogP contribution in [-0.2, 0) is 25.6 Å². The van der Waals surface area contributed by atoms with Crippen molar-refractivity contribution in [2.45, 2.75) is 39.5 Å². The maximum atomic E-state index is 12.7. The number of esters is 1. The van der Waals surface area contributed by atoms with Crippen LogP contribution in [-0.4, -0.2) is 30.2 Å². The van der Waals surface area contributed by atoms with Crippen LogP contribution in [0.5, 0.6) is 5.75 Å². The molecule has 2 aliphatic rings. The van der Waals surface area contributed by atoms with Crippen LogP contribution in [0.15, 0.2) is 42.5 Å². The van der Waals surface area contributed by atoms with Crippen LogP contribution in [0.3, 0.4) is 0 Å². The Morgan fingerprint density at radius 2 is 1.71 bits per heavy atom. The van der Waals surface area contributed by atoms with Crippen molar-refractivity contribution >= 4 is 35.1 Å². The van der Waals surface area contributed by atoms with Gasteiger partial charge in [0.1, 0.15) is 5.75 Å². The maximum Gasteiger partial charge on any atom is 0.316 e. The Morgan fingerprint density at radius 1 is 1.00 bits per heavy atom. The number of benzene rings is 2. The van der Waals surface area contributed by atoms with Crippen LogP contribution >= 0.6 is 0 Å². The van der Waals surface area contributed by atoms with Crippen LogP contribution in [0.1, 0.15) is 37.3 Å². The Morgan fingerprint density at radius 3 is 2.39 bits per heavy atom. The second kappa shape index (κ2) is 8.34. The summed E-state index contributed by atoms with van der Waals surface area (Å²) in [5.41, 5.74) is 3.06. The van der Waals surface area contributed by atoms with Gasteiger partial charge in [-0.1, -0.05) is 25.1 Å². The fourth-order valence-corrected chi connectivity index (χ4v) is 4.16. The van der Waals surface area contributed by atoms with E-state index in [0.29, 0.717) is 17.0 Å². The summed E-state index contributed by atoms with van der Waals surface area (Å²) in [6.07, 6.45) is 1.32. The molecule has 2 aliphatic heterocycles. The molecule has 0 N–H and O–H groups in total. The summed E-state index contributed by atoms with van der Waals surface area (Å²) in [7, 11) is 0. The van der Waals surface area contributed by atoms with Crippen molar-refractivity contribution in [3.8, 4) is 5.75 Å². The van der Waals surface area contributed by atoms with Gasteiger partial charge in [0, 0.05) is 31.5 Å². The zero-order valence-corrected chi connectivity index (χ0v) is 17.6. The number of imide groups is 1. The molecule has 1 atom stereocenters. The first-order valence-corrected chi connectivity index (χ1v) is 10.5. The number of carbonyl (C=O) groups excluding carboxylic acids is 4. The first-order chi connectivity index (χ1) is 14.9. The minimum absolute atomic E-state index is 0.0968. The third kappa shape index (κ3) is 3.95. The summed E-state index contributed by atoms with van der Waals surface area (Å²) in [5.74, 6) is -1.25. The van der Waals surface area contributed by atoms with Crippen molar-refractivity contribution in [2.24, 2.45) is 5.92 Å². The van der Waals surface area contributed by atoms with Gasteiger partial charge in [-0.3, -0.25) is 24.1 Å². The zero-order valence-electron chi connectivity index (χ0n) is 17.6. The van der Waals surface area contributed by atoms with E-state index in [0.717, 1.165) is 17.7 Å². The number of rotatable bonds is 5. The molecule has 31 heavy (non-hydrogen) atoms. The van der Waals surface area contributed by atoms with Gasteiger partial charge in [-0.25, -0.2) is 0 Å². The summed E-state index contributed by atoms with van der Waals surface area (Å²) < 4.78 is 5.53. The molecule has 0 aliphatic carbocycles. The molecular weight excluding hydrogens is 396 g/mol. The molecule has 2 saturated heterocycles. The molecule has 3 amide bonds. The second-order valence-corrected chi connectivity index (χ2v) is 7.88. The van der Waals surface area contributed by atoms with Crippen LogP contribution < -0.4 is 14.5 Å². The van der Waals surface area contributed by atoms with E-state index in [9.17, 15) is 19.2 Å². The van der Waals surface area contributed by atoms with Gasteiger partial charge in [-0.2, -0.15) is 0 Å². The summed E-state index contributed by atoms with van der Waals surface area (Å²) in [5, 5.41) is 0. The average molecular weight is 420 g/mol. The highest BCUT2D eigenvalue weighted by atomic mass is 16.5. The molecule has 0 aromatic heterocycles. The van der Waals surface area contributed by atoms with Crippen molar-refractivity contribution in [3.05, 3.63) is 53.6 Å². The number of para-hydroxylation sites is 1. The number of anilines is 2. The highest BCUT2D eigenvalue weighted by Crippen LogP contribution is 2.31. The normalized spacial score (nSPS) is 18.8. The summed E-state index contributed by atoms with van der Waals surface area (Å²) in [4.78, 5) is 52.1. The van der Waals surface area contributed by atoms with Gasteiger partial charge in [0.05, 0.1) is 11.6 Å². The predicted octanol–water partition coefficient (Wildman–Crippen LogP) is 3.17. The topological polar surface area (TPSA) is 84.0 Å². The molecule has 7 heteroatoms. The molecule has 2 aromatic rings. The van der Waals surface area contributed by atoms with Crippen LogP contribution in [0.25, 0.3) is 0 Å². The van der Waals surface area contributed by atoms with E-state index in [4.69, 9.17) is 4.74 Å². The minimum atomic E-state index is -0.556. The van der Waals surface area contributed by atoms with E-state index in [1.807, 2.05) is 31.2 Å². The van der Waals surface area contributed by atoms with Crippen LogP contribution in [0.4, 0.5) is 11.4 Å². The lowest BCUT2D eigenvalue weighted by atomic mass is 10.1. The van der Waals surface area contributed by atoms with Gasteiger partial charge in [0.15, 0.2) is 0 Å². The fourth-order valence-electron chi connectivity index (χ4n) is 4.16. The summed E-state index contributed by atoms with van der Waals surface area (Å²) >= 11 is 0. The Hall–Kier alpha value is -3.48. The van der Waals surface area contributed by atoms with E-state index in [1.165, 1.54) is 4.90 Å². The smallest absolute Gasteiger partial charge is 0.316 e. The Kier molecular flexibility index (Phi) is 5.59. The lowest BCUT2D eigenvalue weighted by molar-refractivity contribution is -0.139. The Bertz CT molecular complexity index is 1060. The molecule has 4 rings (SSSR count). The van der Waals surface area contributed by atoms with Gasteiger partial charge in [0.2, 0.25) is 17.7 Å². The van der Waals surface area contributed by atoms with Gasteiger partial charge in [-0.05, 0) is 48.7 Å². The molecule has 0 spiro atoms.